The third-order valence-corrected chi connectivity index (χ3v) is 6.80. The monoisotopic (exact) mass is 307 g/mol. The highest BCUT2D eigenvalue weighted by molar-refractivity contribution is 5.41. The lowest BCUT2D eigenvalue weighted by molar-refractivity contribution is -0.0184. The van der Waals surface area contributed by atoms with Gasteiger partial charge in [0.2, 0.25) is 0 Å². The Morgan fingerprint density at radius 2 is 2.04 bits per heavy atom. The Labute approximate surface area is 138 Å². The molecule has 0 unspecified atom stereocenters. The van der Waals surface area contributed by atoms with Crippen LogP contribution in [0.1, 0.15) is 49.0 Å². The van der Waals surface area contributed by atoms with Crippen LogP contribution >= 0.6 is 0 Å². The molecule has 0 N–H and O–H groups in total. The molecular formula is C21H25NO. The van der Waals surface area contributed by atoms with Gasteiger partial charge in [0.25, 0.3) is 0 Å². The topological polar surface area (TPSA) is 16.4 Å². The number of likely N-dealkylation sites (tertiary alicyclic amines) is 1. The van der Waals surface area contributed by atoms with Gasteiger partial charge in [-0.1, -0.05) is 37.1 Å². The van der Waals surface area contributed by atoms with E-state index in [1.54, 1.807) is 17.4 Å². The quantitative estimate of drug-likeness (QED) is 0.810. The average Bonchev–Trinajstić information content (AvgIpc) is 3.10. The zero-order valence-electron chi connectivity index (χ0n) is 13.7. The Bertz CT molecular complexity index is 692. The van der Waals surface area contributed by atoms with Gasteiger partial charge in [0.05, 0.1) is 12.8 Å². The molecule has 23 heavy (non-hydrogen) atoms. The summed E-state index contributed by atoms with van der Waals surface area (Å²) < 4.78 is 5.64. The van der Waals surface area contributed by atoms with E-state index >= 15 is 0 Å². The molecule has 2 nitrogen and oxygen atoms in total. The van der Waals surface area contributed by atoms with Crippen molar-refractivity contribution >= 4 is 0 Å². The number of piperidine rings is 1. The van der Waals surface area contributed by atoms with Crippen molar-refractivity contribution in [3.8, 4) is 0 Å². The van der Waals surface area contributed by atoms with Crippen LogP contribution in [0.2, 0.25) is 0 Å². The van der Waals surface area contributed by atoms with Crippen molar-refractivity contribution in [3.05, 3.63) is 59.5 Å². The zero-order valence-corrected chi connectivity index (χ0v) is 13.7. The summed E-state index contributed by atoms with van der Waals surface area (Å²) in [5.74, 6) is 1.96. The summed E-state index contributed by atoms with van der Waals surface area (Å²) >= 11 is 0. The molecule has 0 amide bonds. The molecule has 3 atom stereocenters. The summed E-state index contributed by atoms with van der Waals surface area (Å²) in [5, 5.41) is 0. The number of rotatable bonds is 2. The summed E-state index contributed by atoms with van der Waals surface area (Å²) in [6.45, 7) is 2.20. The second kappa shape index (κ2) is 5.24. The predicted molar refractivity (Wildman–Crippen MR) is 91.3 cm³/mol. The van der Waals surface area contributed by atoms with E-state index < -0.39 is 0 Å². The number of benzene rings is 1. The lowest BCUT2D eigenvalue weighted by atomic mass is 9.52. The van der Waals surface area contributed by atoms with Crippen LogP contribution in [-0.4, -0.2) is 17.5 Å². The van der Waals surface area contributed by atoms with Gasteiger partial charge in [-0.25, -0.2) is 0 Å². The van der Waals surface area contributed by atoms with Gasteiger partial charge in [0.1, 0.15) is 5.76 Å². The molecule has 2 fully saturated rings. The number of hydrogen-bond acceptors (Lipinski definition) is 2. The van der Waals surface area contributed by atoms with Crippen molar-refractivity contribution in [2.75, 3.05) is 6.54 Å². The lowest BCUT2D eigenvalue weighted by Gasteiger charge is -2.59. The normalized spacial score (nSPS) is 33.0. The molecule has 1 saturated carbocycles. The SMILES string of the molecule is c1coc(CN2CC[C@]34CCCC[C@H]3[C@H]2Cc2ccccc24)c1. The van der Waals surface area contributed by atoms with Crippen molar-refractivity contribution in [1.29, 1.82) is 0 Å². The summed E-state index contributed by atoms with van der Waals surface area (Å²) in [4.78, 5) is 2.71. The molecule has 3 aliphatic rings. The molecule has 0 spiro atoms. The highest BCUT2D eigenvalue weighted by Gasteiger charge is 2.53. The van der Waals surface area contributed by atoms with Gasteiger partial charge < -0.3 is 4.42 Å². The van der Waals surface area contributed by atoms with Gasteiger partial charge in [0, 0.05) is 11.5 Å². The largest absolute Gasteiger partial charge is 0.468 e. The molecule has 1 saturated heterocycles. The van der Waals surface area contributed by atoms with Gasteiger partial charge in [-0.05, 0) is 61.4 Å². The molecule has 5 rings (SSSR count). The maximum Gasteiger partial charge on any atom is 0.117 e. The van der Waals surface area contributed by atoms with Gasteiger partial charge in [-0.15, -0.1) is 0 Å². The fourth-order valence-corrected chi connectivity index (χ4v) is 5.85. The van der Waals surface area contributed by atoms with Crippen LogP contribution in [0.5, 0.6) is 0 Å². The fraction of sp³-hybridized carbons (Fsp3) is 0.524. The standard InChI is InChI=1S/C21H25NO/c1-2-8-18-16(6-1)14-20-19-9-3-4-10-21(18,19)11-12-22(20)15-17-7-5-13-23-17/h1-2,5-8,13,19-20H,3-4,9-12,14-15H2/t19-,20+,21-/m0/s1. The first kappa shape index (κ1) is 13.9. The molecule has 2 bridgehead atoms. The summed E-state index contributed by atoms with van der Waals surface area (Å²) in [5.41, 5.74) is 3.77. The maximum atomic E-state index is 5.64. The Morgan fingerprint density at radius 1 is 1.09 bits per heavy atom. The average molecular weight is 307 g/mol. The van der Waals surface area contributed by atoms with Crippen molar-refractivity contribution in [3.63, 3.8) is 0 Å². The van der Waals surface area contributed by atoms with Crippen LogP contribution < -0.4 is 0 Å². The van der Waals surface area contributed by atoms with Crippen molar-refractivity contribution in [1.82, 2.24) is 4.90 Å². The second-order valence-electron chi connectivity index (χ2n) is 7.74. The molecule has 1 aromatic heterocycles. The fourth-order valence-electron chi connectivity index (χ4n) is 5.85. The molecule has 120 valence electrons. The highest BCUT2D eigenvalue weighted by Crippen LogP contribution is 2.55. The molecule has 2 heterocycles. The van der Waals surface area contributed by atoms with Gasteiger partial charge in [-0.3, -0.25) is 4.90 Å². The maximum absolute atomic E-state index is 5.64. The lowest BCUT2D eigenvalue weighted by Crippen LogP contribution is -2.60. The van der Waals surface area contributed by atoms with Crippen LogP contribution in [0.4, 0.5) is 0 Å². The third kappa shape index (κ3) is 2.04. The zero-order chi connectivity index (χ0) is 15.3. The van der Waals surface area contributed by atoms with E-state index in [9.17, 15) is 0 Å². The molecule has 2 heteroatoms. The predicted octanol–water partition coefficient (Wildman–Crippen LogP) is 4.54. The third-order valence-electron chi connectivity index (χ3n) is 6.80. The molecule has 2 aliphatic carbocycles. The number of furan rings is 1. The molecule has 1 aromatic carbocycles. The van der Waals surface area contributed by atoms with Gasteiger partial charge in [-0.2, -0.15) is 0 Å². The molecule has 1 aliphatic heterocycles. The minimum atomic E-state index is 0.470. The Kier molecular flexibility index (Phi) is 3.16. The van der Waals surface area contributed by atoms with Gasteiger partial charge >= 0.3 is 0 Å². The van der Waals surface area contributed by atoms with Crippen LogP contribution in [-0.2, 0) is 18.4 Å². The molecule has 0 radical (unpaired) electrons. The first-order chi connectivity index (χ1) is 11.4. The molecular weight excluding hydrogens is 282 g/mol. The minimum absolute atomic E-state index is 0.470. The van der Waals surface area contributed by atoms with E-state index in [-0.39, 0.29) is 0 Å². The van der Waals surface area contributed by atoms with E-state index in [0.29, 0.717) is 11.5 Å². The highest BCUT2D eigenvalue weighted by atomic mass is 16.3. The van der Waals surface area contributed by atoms with E-state index in [1.165, 1.54) is 45.1 Å². The number of nitrogens with zero attached hydrogens (tertiary/aromatic N) is 1. The smallest absolute Gasteiger partial charge is 0.117 e. The van der Waals surface area contributed by atoms with Crippen LogP contribution in [0.15, 0.2) is 47.1 Å². The Balaban J connectivity index is 1.55. The van der Waals surface area contributed by atoms with E-state index in [1.807, 2.05) is 6.07 Å². The summed E-state index contributed by atoms with van der Waals surface area (Å²) in [7, 11) is 0. The number of fused-ring (bicyclic) bond motifs is 1. The molecule has 2 aromatic rings. The minimum Gasteiger partial charge on any atom is -0.468 e. The number of hydrogen-bond donors (Lipinski definition) is 0. The summed E-state index contributed by atoms with van der Waals surface area (Å²) in [6.07, 6.45) is 10.00. The van der Waals surface area contributed by atoms with E-state index in [0.717, 1.165) is 18.2 Å². The van der Waals surface area contributed by atoms with Crippen molar-refractivity contribution in [2.24, 2.45) is 5.92 Å². The second-order valence-corrected chi connectivity index (χ2v) is 7.74. The Hall–Kier alpha value is -1.54. The van der Waals surface area contributed by atoms with Crippen LogP contribution in [0.25, 0.3) is 0 Å². The van der Waals surface area contributed by atoms with Crippen LogP contribution in [0, 0.1) is 5.92 Å². The van der Waals surface area contributed by atoms with E-state index in [2.05, 4.69) is 35.2 Å². The van der Waals surface area contributed by atoms with Crippen molar-refractivity contribution < 1.29 is 4.42 Å². The first-order valence-electron chi connectivity index (χ1n) is 9.22. The first-order valence-corrected chi connectivity index (χ1v) is 9.22. The van der Waals surface area contributed by atoms with Crippen LogP contribution in [0.3, 0.4) is 0 Å². The van der Waals surface area contributed by atoms with Crippen molar-refractivity contribution in [2.45, 2.75) is 56.5 Å². The Morgan fingerprint density at radius 3 is 2.96 bits per heavy atom. The summed E-state index contributed by atoms with van der Waals surface area (Å²) in [6, 6.07) is 14.1. The van der Waals surface area contributed by atoms with Gasteiger partial charge in [0.15, 0.2) is 0 Å². The van der Waals surface area contributed by atoms with E-state index in [4.69, 9.17) is 4.42 Å².